The predicted octanol–water partition coefficient (Wildman–Crippen LogP) is 0.413. The van der Waals surface area contributed by atoms with Crippen LogP contribution < -0.4 is 11.4 Å². The van der Waals surface area contributed by atoms with Gasteiger partial charge in [0.15, 0.2) is 5.16 Å². The fourth-order valence-corrected chi connectivity index (χ4v) is 2.95. The minimum absolute atomic E-state index is 0.0209. The third-order valence-corrected chi connectivity index (χ3v) is 4.44. The molecule has 0 aromatic carbocycles. The molecule has 104 valence electrons. The summed E-state index contributed by atoms with van der Waals surface area (Å²) >= 11 is 1.48. The molecule has 0 saturated heterocycles. The van der Waals surface area contributed by atoms with Crippen LogP contribution in [-0.4, -0.2) is 30.6 Å². The molecule has 0 fully saturated rings. The summed E-state index contributed by atoms with van der Waals surface area (Å²) in [6, 6.07) is -0.0268. The molecule has 2 atom stereocenters. The van der Waals surface area contributed by atoms with Gasteiger partial charge in [-0.3, -0.25) is 9.25 Å². The Balaban J connectivity index is 2.29. The molecule has 0 saturated carbocycles. The first-order chi connectivity index (χ1) is 9.02. The maximum Gasteiger partial charge on any atom is 0.343 e. The Labute approximate surface area is 115 Å². The fraction of sp³-hybridized carbons (Fsp3) is 0.545. The molecule has 2 unspecified atom stereocenters. The highest BCUT2D eigenvalue weighted by atomic mass is 32.2. The van der Waals surface area contributed by atoms with Crippen LogP contribution in [0.15, 0.2) is 22.3 Å². The van der Waals surface area contributed by atoms with Gasteiger partial charge in [0.1, 0.15) is 0 Å². The normalized spacial score (nSPS) is 14.5. The average molecular weight is 282 g/mol. The summed E-state index contributed by atoms with van der Waals surface area (Å²) in [5.74, 6) is 0. The fourth-order valence-electron chi connectivity index (χ4n) is 1.76. The maximum atomic E-state index is 11.4. The molecule has 0 aliphatic rings. The van der Waals surface area contributed by atoms with Gasteiger partial charge >= 0.3 is 5.69 Å². The number of H-pyrrole nitrogens is 1. The van der Waals surface area contributed by atoms with Gasteiger partial charge in [-0.15, -0.1) is 5.10 Å². The average Bonchev–Trinajstić information content (AvgIpc) is 2.95. The van der Waals surface area contributed by atoms with Crippen LogP contribution in [0, 0.1) is 0 Å². The van der Waals surface area contributed by atoms with Gasteiger partial charge in [-0.1, -0.05) is 18.7 Å². The number of aromatic amines is 1. The lowest BCUT2D eigenvalue weighted by molar-refractivity contribution is 0.629. The van der Waals surface area contributed by atoms with E-state index in [9.17, 15) is 4.79 Å². The molecular weight excluding hydrogens is 264 g/mol. The van der Waals surface area contributed by atoms with Gasteiger partial charge < -0.3 is 5.73 Å². The Kier molecular flexibility index (Phi) is 4.11. The zero-order valence-electron chi connectivity index (χ0n) is 11.2. The zero-order chi connectivity index (χ0) is 14.0. The number of nitrogens with one attached hydrogen (secondary N) is 1. The number of nitrogens with two attached hydrogens (primary N) is 1. The smallest absolute Gasteiger partial charge is 0.326 e. The topological polar surface area (TPSA) is 94.5 Å². The van der Waals surface area contributed by atoms with Crippen molar-refractivity contribution in [2.75, 3.05) is 0 Å². The number of rotatable bonds is 5. The van der Waals surface area contributed by atoms with Crippen molar-refractivity contribution in [2.24, 2.45) is 19.8 Å². The van der Waals surface area contributed by atoms with E-state index < -0.39 is 0 Å². The third-order valence-electron chi connectivity index (χ3n) is 2.98. The van der Waals surface area contributed by atoms with E-state index in [1.807, 2.05) is 20.2 Å². The molecule has 2 aromatic heterocycles. The number of hydrogen-bond donors (Lipinski definition) is 2. The van der Waals surface area contributed by atoms with Gasteiger partial charge in [0.25, 0.3) is 0 Å². The summed E-state index contributed by atoms with van der Waals surface area (Å²) in [5.41, 5.74) is 6.99. The van der Waals surface area contributed by atoms with E-state index in [2.05, 4.69) is 15.3 Å². The minimum atomic E-state index is -0.225. The van der Waals surface area contributed by atoms with Crippen molar-refractivity contribution in [2.45, 2.75) is 29.8 Å². The maximum absolute atomic E-state index is 11.4. The van der Waals surface area contributed by atoms with Crippen LogP contribution in [0.3, 0.4) is 0 Å². The number of aromatic nitrogens is 5. The van der Waals surface area contributed by atoms with E-state index in [0.717, 1.165) is 12.0 Å². The quantitative estimate of drug-likeness (QED) is 0.775. The van der Waals surface area contributed by atoms with Gasteiger partial charge in [-0.25, -0.2) is 9.89 Å². The summed E-state index contributed by atoms with van der Waals surface area (Å²) < 4.78 is 3.23. The summed E-state index contributed by atoms with van der Waals surface area (Å²) in [6.45, 7) is 2.04. The monoisotopic (exact) mass is 282 g/mol. The van der Waals surface area contributed by atoms with E-state index in [0.29, 0.717) is 5.16 Å². The van der Waals surface area contributed by atoms with E-state index >= 15 is 0 Å². The highest BCUT2D eigenvalue weighted by Gasteiger charge is 2.23. The molecule has 2 heterocycles. The number of aryl methyl sites for hydroxylation is 1. The van der Waals surface area contributed by atoms with Crippen molar-refractivity contribution in [3.8, 4) is 0 Å². The summed E-state index contributed by atoms with van der Waals surface area (Å²) in [7, 11) is 3.55. The first-order valence-electron chi connectivity index (χ1n) is 6.05. The van der Waals surface area contributed by atoms with Crippen molar-refractivity contribution in [1.82, 2.24) is 24.5 Å². The lowest BCUT2D eigenvalue weighted by Crippen LogP contribution is -2.26. The standard InChI is InChI=1S/C11H18N6OS/c1-4-8(12)9(7-5-13-16(2)6-7)19-11-15-14-10(18)17(11)3/h5-6,8-9H,4,12H2,1-3H3,(H,14,18). The highest BCUT2D eigenvalue weighted by Crippen LogP contribution is 2.36. The van der Waals surface area contributed by atoms with Crippen molar-refractivity contribution in [3.63, 3.8) is 0 Å². The molecular formula is C11H18N6OS. The first kappa shape index (κ1) is 13.9. The first-order valence-corrected chi connectivity index (χ1v) is 6.93. The molecule has 0 amide bonds. The SMILES string of the molecule is CCC(N)C(Sc1n[nH]c(=O)n1C)c1cnn(C)c1. The van der Waals surface area contributed by atoms with Crippen LogP contribution >= 0.6 is 11.8 Å². The van der Waals surface area contributed by atoms with E-state index in [1.165, 1.54) is 16.3 Å². The molecule has 0 aliphatic heterocycles. The zero-order valence-corrected chi connectivity index (χ0v) is 12.0. The van der Waals surface area contributed by atoms with Crippen LogP contribution in [0.5, 0.6) is 0 Å². The van der Waals surface area contributed by atoms with Crippen LogP contribution in [0.25, 0.3) is 0 Å². The second-order valence-corrected chi connectivity index (χ2v) is 5.54. The lowest BCUT2D eigenvalue weighted by atomic mass is 10.1. The van der Waals surface area contributed by atoms with Crippen molar-refractivity contribution in [1.29, 1.82) is 0 Å². The van der Waals surface area contributed by atoms with Crippen LogP contribution in [0.4, 0.5) is 0 Å². The van der Waals surface area contributed by atoms with Crippen molar-refractivity contribution >= 4 is 11.8 Å². The predicted molar refractivity (Wildman–Crippen MR) is 73.9 cm³/mol. The molecule has 8 heteroatoms. The molecule has 7 nitrogen and oxygen atoms in total. The number of nitrogens with zero attached hydrogens (tertiary/aromatic N) is 4. The van der Waals surface area contributed by atoms with Crippen molar-refractivity contribution in [3.05, 3.63) is 28.4 Å². The molecule has 0 bridgehead atoms. The number of hydrogen-bond acceptors (Lipinski definition) is 5. The van der Waals surface area contributed by atoms with E-state index in [4.69, 9.17) is 5.73 Å². The molecule has 2 aromatic rings. The molecule has 3 N–H and O–H groups in total. The van der Waals surface area contributed by atoms with Gasteiger partial charge in [0.05, 0.1) is 11.4 Å². The van der Waals surface area contributed by atoms with Crippen LogP contribution in [0.1, 0.15) is 24.2 Å². The molecule has 0 aliphatic carbocycles. The summed E-state index contributed by atoms with van der Waals surface area (Å²) in [5, 5.41) is 11.3. The molecule has 0 spiro atoms. The van der Waals surface area contributed by atoms with Gasteiger partial charge in [-0.05, 0) is 6.42 Å². The minimum Gasteiger partial charge on any atom is -0.326 e. The second kappa shape index (κ2) is 5.62. The number of thioether (sulfide) groups is 1. The Morgan fingerprint density at radius 1 is 1.53 bits per heavy atom. The molecule has 2 rings (SSSR count). The Morgan fingerprint density at radius 2 is 2.26 bits per heavy atom. The van der Waals surface area contributed by atoms with Crippen molar-refractivity contribution < 1.29 is 0 Å². The largest absolute Gasteiger partial charge is 0.343 e. The molecule has 19 heavy (non-hydrogen) atoms. The van der Waals surface area contributed by atoms with E-state index in [-0.39, 0.29) is 17.0 Å². The van der Waals surface area contributed by atoms with Gasteiger partial charge in [-0.2, -0.15) is 5.10 Å². The Morgan fingerprint density at radius 3 is 2.74 bits per heavy atom. The van der Waals surface area contributed by atoms with Gasteiger partial charge in [0.2, 0.25) is 0 Å². The van der Waals surface area contributed by atoms with Crippen LogP contribution in [-0.2, 0) is 14.1 Å². The lowest BCUT2D eigenvalue weighted by Gasteiger charge is -2.20. The summed E-state index contributed by atoms with van der Waals surface area (Å²) in [4.78, 5) is 11.4. The molecule has 0 radical (unpaired) electrons. The summed E-state index contributed by atoms with van der Waals surface area (Å²) in [6.07, 6.45) is 4.58. The van der Waals surface area contributed by atoms with Crippen LogP contribution in [0.2, 0.25) is 0 Å². The highest BCUT2D eigenvalue weighted by molar-refractivity contribution is 7.99. The Hall–Kier alpha value is -1.54. The van der Waals surface area contributed by atoms with Gasteiger partial charge in [0, 0.05) is 31.9 Å². The Bertz CT molecular complexity index is 600. The van der Waals surface area contributed by atoms with E-state index in [1.54, 1.807) is 17.9 Å². The third kappa shape index (κ3) is 2.90. The second-order valence-electron chi connectivity index (χ2n) is 4.43.